The maximum absolute atomic E-state index is 10.7. The summed E-state index contributed by atoms with van der Waals surface area (Å²) in [6, 6.07) is 3.61. The number of Topliss-reactive ketones (excluding diaryl/α,β-unsaturated/α-hetero) is 1. The Labute approximate surface area is 73.6 Å². The summed E-state index contributed by atoms with van der Waals surface area (Å²) in [5, 5.41) is 0. The van der Waals surface area contributed by atoms with Gasteiger partial charge < -0.3 is 0 Å². The van der Waals surface area contributed by atoms with Gasteiger partial charge in [-0.15, -0.1) is 0 Å². The lowest BCUT2D eigenvalue weighted by Gasteiger charge is -1.93. The Bertz CT molecular complexity index is 239. The van der Waals surface area contributed by atoms with Gasteiger partial charge in [0.15, 0.2) is 5.78 Å². The molecule has 0 spiro atoms. The Balaban J connectivity index is 0.000000561. The molecule has 0 fully saturated rings. The lowest BCUT2D eigenvalue weighted by molar-refractivity contribution is 0.101. The highest BCUT2D eigenvalue weighted by molar-refractivity contribution is 5.93. The molecule has 12 heavy (non-hydrogen) atoms. The molecular formula is C10H15NO. The first-order valence-electron chi connectivity index (χ1n) is 4.14. The van der Waals surface area contributed by atoms with Gasteiger partial charge in [0.25, 0.3) is 0 Å². The van der Waals surface area contributed by atoms with E-state index in [1.54, 1.807) is 12.3 Å². The molecule has 0 bridgehead atoms. The Kier molecular flexibility index (Phi) is 4.93. The van der Waals surface area contributed by atoms with Crippen molar-refractivity contribution < 1.29 is 4.79 Å². The summed E-state index contributed by atoms with van der Waals surface area (Å²) >= 11 is 0. The highest BCUT2D eigenvalue weighted by Gasteiger charge is 1.96. The van der Waals surface area contributed by atoms with E-state index in [2.05, 4.69) is 4.98 Å². The molecule has 2 nitrogen and oxygen atoms in total. The molecule has 66 valence electrons. The minimum absolute atomic E-state index is 0.0625. The van der Waals surface area contributed by atoms with Gasteiger partial charge in [0, 0.05) is 17.5 Å². The van der Waals surface area contributed by atoms with Crippen LogP contribution in [0.5, 0.6) is 0 Å². The van der Waals surface area contributed by atoms with Crippen molar-refractivity contribution in [2.75, 3.05) is 0 Å². The van der Waals surface area contributed by atoms with E-state index >= 15 is 0 Å². The zero-order valence-electron chi connectivity index (χ0n) is 8.09. The number of nitrogens with zero attached hydrogens (tertiary/aromatic N) is 1. The average molecular weight is 165 g/mol. The molecule has 0 saturated heterocycles. The molecule has 0 aliphatic heterocycles. The number of aryl methyl sites for hydroxylation is 1. The first-order valence-corrected chi connectivity index (χ1v) is 4.14. The molecule has 0 aliphatic rings. The molecule has 1 aromatic rings. The quantitative estimate of drug-likeness (QED) is 0.599. The van der Waals surface area contributed by atoms with Crippen LogP contribution in [0.4, 0.5) is 0 Å². The van der Waals surface area contributed by atoms with Crippen molar-refractivity contribution in [2.45, 2.75) is 27.7 Å². The van der Waals surface area contributed by atoms with Crippen LogP contribution in [0.2, 0.25) is 0 Å². The van der Waals surface area contributed by atoms with Crippen LogP contribution < -0.4 is 0 Å². The maximum Gasteiger partial charge on any atom is 0.161 e. The third-order valence-electron chi connectivity index (χ3n) is 1.32. The van der Waals surface area contributed by atoms with Gasteiger partial charge in [-0.1, -0.05) is 13.8 Å². The fourth-order valence-electron chi connectivity index (χ4n) is 0.676. The molecule has 0 aliphatic carbocycles. The van der Waals surface area contributed by atoms with E-state index < -0.39 is 0 Å². The highest BCUT2D eigenvalue weighted by atomic mass is 16.1. The van der Waals surface area contributed by atoms with E-state index in [-0.39, 0.29) is 5.78 Å². The largest absolute Gasteiger partial charge is 0.294 e. The molecule has 0 atom stereocenters. The van der Waals surface area contributed by atoms with Crippen LogP contribution in [0.1, 0.15) is 36.8 Å². The Morgan fingerprint density at radius 1 is 1.33 bits per heavy atom. The molecule has 0 saturated carbocycles. The summed E-state index contributed by atoms with van der Waals surface area (Å²) < 4.78 is 0. The summed E-state index contributed by atoms with van der Waals surface area (Å²) in [4.78, 5) is 14.7. The lowest BCUT2D eigenvalue weighted by atomic mass is 10.2. The van der Waals surface area contributed by atoms with Gasteiger partial charge in [0.1, 0.15) is 0 Å². The van der Waals surface area contributed by atoms with Crippen LogP contribution in [0.3, 0.4) is 0 Å². The average Bonchev–Trinajstić information content (AvgIpc) is 2.09. The minimum Gasteiger partial charge on any atom is -0.294 e. The van der Waals surface area contributed by atoms with Crippen molar-refractivity contribution in [1.82, 2.24) is 4.98 Å². The molecule has 0 unspecified atom stereocenters. The van der Waals surface area contributed by atoms with E-state index in [4.69, 9.17) is 0 Å². The van der Waals surface area contributed by atoms with Gasteiger partial charge in [-0.3, -0.25) is 9.78 Å². The smallest absolute Gasteiger partial charge is 0.161 e. The fourth-order valence-corrected chi connectivity index (χ4v) is 0.676. The summed E-state index contributed by atoms with van der Waals surface area (Å²) in [6.45, 7) is 7.43. The van der Waals surface area contributed by atoms with E-state index in [9.17, 15) is 4.79 Å². The fraction of sp³-hybridized carbons (Fsp3) is 0.400. The summed E-state index contributed by atoms with van der Waals surface area (Å²) in [6.07, 6.45) is 1.59. The molecule has 0 amide bonds. The number of pyridine rings is 1. The van der Waals surface area contributed by atoms with Crippen molar-refractivity contribution in [3.63, 3.8) is 0 Å². The van der Waals surface area contributed by atoms with Crippen molar-refractivity contribution in [1.29, 1.82) is 0 Å². The lowest BCUT2D eigenvalue weighted by Crippen LogP contribution is -1.92. The Morgan fingerprint density at radius 3 is 2.25 bits per heavy atom. The highest BCUT2D eigenvalue weighted by Crippen LogP contribution is 1.98. The Hall–Kier alpha value is -1.18. The molecule has 1 heterocycles. The number of hydrogen-bond donors (Lipinski definition) is 0. The number of ketones is 1. The maximum atomic E-state index is 10.7. The standard InChI is InChI=1S/C8H9NO.C2H6/c1-6-3-4-8(5-9-6)7(2)10;1-2/h3-5H,1-2H3;1-2H3. The van der Waals surface area contributed by atoms with Crippen LogP contribution in [0.15, 0.2) is 18.3 Å². The van der Waals surface area contributed by atoms with E-state index in [0.717, 1.165) is 5.69 Å². The summed E-state index contributed by atoms with van der Waals surface area (Å²) in [7, 11) is 0. The van der Waals surface area contributed by atoms with E-state index in [1.165, 1.54) is 6.92 Å². The predicted octanol–water partition coefficient (Wildman–Crippen LogP) is 2.62. The molecule has 0 radical (unpaired) electrons. The van der Waals surface area contributed by atoms with Gasteiger partial charge in [0.2, 0.25) is 0 Å². The van der Waals surface area contributed by atoms with Crippen molar-refractivity contribution >= 4 is 5.78 Å². The van der Waals surface area contributed by atoms with Crippen molar-refractivity contribution in [2.24, 2.45) is 0 Å². The molecular weight excluding hydrogens is 150 g/mol. The topological polar surface area (TPSA) is 30.0 Å². The molecule has 1 aromatic heterocycles. The first-order chi connectivity index (χ1) is 5.70. The molecule has 1 rings (SSSR count). The van der Waals surface area contributed by atoms with Crippen LogP contribution in [-0.4, -0.2) is 10.8 Å². The second-order valence-corrected chi connectivity index (χ2v) is 2.24. The Morgan fingerprint density at radius 2 is 1.92 bits per heavy atom. The van der Waals surface area contributed by atoms with Crippen LogP contribution in [-0.2, 0) is 0 Å². The summed E-state index contributed by atoms with van der Waals surface area (Å²) in [5.74, 6) is 0.0625. The molecule has 0 N–H and O–H groups in total. The van der Waals surface area contributed by atoms with Crippen molar-refractivity contribution in [3.8, 4) is 0 Å². The number of rotatable bonds is 1. The van der Waals surface area contributed by atoms with Crippen LogP contribution >= 0.6 is 0 Å². The third kappa shape index (κ3) is 3.28. The predicted molar refractivity (Wildman–Crippen MR) is 50.3 cm³/mol. The SMILES string of the molecule is CC.CC(=O)c1ccc(C)nc1. The number of hydrogen-bond acceptors (Lipinski definition) is 2. The van der Waals surface area contributed by atoms with Crippen LogP contribution in [0, 0.1) is 6.92 Å². The van der Waals surface area contributed by atoms with Gasteiger partial charge in [-0.25, -0.2) is 0 Å². The van der Waals surface area contributed by atoms with Crippen molar-refractivity contribution in [3.05, 3.63) is 29.6 Å². The number of carbonyl (C=O) groups is 1. The second kappa shape index (κ2) is 5.47. The summed E-state index contributed by atoms with van der Waals surface area (Å²) in [5.41, 5.74) is 1.61. The van der Waals surface area contributed by atoms with Crippen LogP contribution in [0.25, 0.3) is 0 Å². The molecule has 0 aromatic carbocycles. The third-order valence-corrected chi connectivity index (χ3v) is 1.32. The van der Waals surface area contributed by atoms with Gasteiger partial charge >= 0.3 is 0 Å². The number of aromatic nitrogens is 1. The monoisotopic (exact) mass is 165 g/mol. The second-order valence-electron chi connectivity index (χ2n) is 2.24. The zero-order chi connectivity index (χ0) is 9.56. The van der Waals surface area contributed by atoms with E-state index in [1.807, 2.05) is 26.8 Å². The minimum atomic E-state index is 0.0625. The molecule has 2 heteroatoms. The van der Waals surface area contributed by atoms with Gasteiger partial charge in [-0.05, 0) is 26.0 Å². The first kappa shape index (κ1) is 10.8. The van der Waals surface area contributed by atoms with Gasteiger partial charge in [0.05, 0.1) is 0 Å². The van der Waals surface area contributed by atoms with E-state index in [0.29, 0.717) is 5.56 Å². The normalized spacial score (nSPS) is 8.33. The number of carbonyl (C=O) groups excluding carboxylic acids is 1. The van der Waals surface area contributed by atoms with Gasteiger partial charge in [-0.2, -0.15) is 0 Å². The zero-order valence-corrected chi connectivity index (χ0v) is 8.09.